The molecule has 2 aliphatic rings. The van der Waals surface area contributed by atoms with E-state index < -0.39 is 0 Å². The molecule has 0 unspecified atom stereocenters. The highest BCUT2D eigenvalue weighted by molar-refractivity contribution is 5.35. The van der Waals surface area contributed by atoms with Gasteiger partial charge in [-0.1, -0.05) is 24.3 Å². The van der Waals surface area contributed by atoms with Crippen LogP contribution in [0.15, 0.2) is 24.3 Å². The molecule has 2 atom stereocenters. The van der Waals surface area contributed by atoms with Crippen molar-refractivity contribution in [3.63, 3.8) is 0 Å². The van der Waals surface area contributed by atoms with Gasteiger partial charge in [0.15, 0.2) is 0 Å². The Hall–Kier alpha value is -0.820. The standard InChI is InChI=1S/C10H11N/c1-2-4-8-6-10-9(11-10)5-7(8)3-1/h1-4,9-11H,5-6H2/t9-,10+. The molecule has 0 amide bonds. The van der Waals surface area contributed by atoms with Crippen LogP contribution in [0.3, 0.4) is 0 Å². The summed E-state index contributed by atoms with van der Waals surface area (Å²) in [6.45, 7) is 0. The van der Waals surface area contributed by atoms with E-state index in [9.17, 15) is 0 Å². The van der Waals surface area contributed by atoms with Crippen LogP contribution >= 0.6 is 0 Å². The van der Waals surface area contributed by atoms with E-state index >= 15 is 0 Å². The molecule has 0 radical (unpaired) electrons. The van der Waals surface area contributed by atoms with Crippen molar-refractivity contribution in [3.8, 4) is 0 Å². The van der Waals surface area contributed by atoms with Gasteiger partial charge in [0.2, 0.25) is 0 Å². The van der Waals surface area contributed by atoms with Gasteiger partial charge in [0, 0.05) is 12.1 Å². The SMILES string of the molecule is c1ccc2c(c1)C[C@@H]1N[C@@H]1C2. The molecule has 1 fully saturated rings. The summed E-state index contributed by atoms with van der Waals surface area (Å²) in [4.78, 5) is 0. The minimum absolute atomic E-state index is 0.810. The molecule has 1 N–H and O–H groups in total. The number of nitrogens with one attached hydrogen (secondary N) is 1. The lowest BCUT2D eigenvalue weighted by molar-refractivity contribution is 0.794. The van der Waals surface area contributed by atoms with Crippen molar-refractivity contribution < 1.29 is 0 Å². The van der Waals surface area contributed by atoms with Gasteiger partial charge in [0.1, 0.15) is 0 Å². The number of hydrogen-bond donors (Lipinski definition) is 1. The summed E-state index contributed by atoms with van der Waals surface area (Å²) in [6.07, 6.45) is 2.50. The van der Waals surface area contributed by atoms with Crippen molar-refractivity contribution in [3.05, 3.63) is 35.4 Å². The Balaban J connectivity index is 2.07. The van der Waals surface area contributed by atoms with E-state index in [0.717, 1.165) is 12.1 Å². The van der Waals surface area contributed by atoms with Gasteiger partial charge in [0.25, 0.3) is 0 Å². The summed E-state index contributed by atoms with van der Waals surface area (Å²) < 4.78 is 0. The van der Waals surface area contributed by atoms with E-state index in [-0.39, 0.29) is 0 Å². The summed E-state index contributed by atoms with van der Waals surface area (Å²) >= 11 is 0. The lowest BCUT2D eigenvalue weighted by atomic mass is 9.92. The quantitative estimate of drug-likeness (QED) is 0.543. The maximum atomic E-state index is 3.48. The predicted molar refractivity (Wildman–Crippen MR) is 44.6 cm³/mol. The third kappa shape index (κ3) is 0.809. The highest BCUT2D eigenvalue weighted by atomic mass is 15.1. The molecule has 0 spiro atoms. The van der Waals surface area contributed by atoms with Crippen LogP contribution in [0, 0.1) is 0 Å². The van der Waals surface area contributed by atoms with E-state index in [1.807, 2.05) is 0 Å². The van der Waals surface area contributed by atoms with Crippen LogP contribution in [0.1, 0.15) is 11.1 Å². The molecule has 0 saturated carbocycles. The summed E-state index contributed by atoms with van der Waals surface area (Å²) in [5.41, 5.74) is 3.11. The number of rotatable bonds is 0. The minimum atomic E-state index is 0.810. The monoisotopic (exact) mass is 145 g/mol. The van der Waals surface area contributed by atoms with Crippen molar-refractivity contribution in [1.82, 2.24) is 5.32 Å². The molecule has 11 heavy (non-hydrogen) atoms. The molecule has 0 aromatic heterocycles. The molecule has 56 valence electrons. The highest BCUT2D eigenvalue weighted by Gasteiger charge is 2.39. The summed E-state index contributed by atoms with van der Waals surface area (Å²) in [6, 6.07) is 10.4. The largest absolute Gasteiger partial charge is 0.307 e. The molecule has 1 aliphatic heterocycles. The predicted octanol–water partition coefficient (Wildman–Crippen LogP) is 1.13. The van der Waals surface area contributed by atoms with Gasteiger partial charge < -0.3 is 5.32 Å². The zero-order valence-corrected chi connectivity index (χ0v) is 6.38. The fourth-order valence-electron chi connectivity index (χ4n) is 2.05. The van der Waals surface area contributed by atoms with Crippen molar-refractivity contribution in [1.29, 1.82) is 0 Å². The fourth-order valence-corrected chi connectivity index (χ4v) is 2.05. The second-order valence-electron chi connectivity index (χ2n) is 3.56. The Bertz CT molecular complexity index is 264. The molecule has 1 aromatic carbocycles. The van der Waals surface area contributed by atoms with Gasteiger partial charge in [-0.3, -0.25) is 0 Å². The third-order valence-corrected chi connectivity index (χ3v) is 2.80. The van der Waals surface area contributed by atoms with Gasteiger partial charge in [-0.25, -0.2) is 0 Å². The first-order chi connectivity index (χ1) is 5.43. The summed E-state index contributed by atoms with van der Waals surface area (Å²) in [5.74, 6) is 0. The lowest BCUT2D eigenvalue weighted by Crippen LogP contribution is -2.11. The molecule has 1 heterocycles. The first-order valence-electron chi connectivity index (χ1n) is 4.26. The number of hydrogen-bond acceptors (Lipinski definition) is 1. The molecule has 1 saturated heterocycles. The molecule has 0 bridgehead atoms. The topological polar surface area (TPSA) is 21.9 Å². The Labute approximate surface area is 66.4 Å². The van der Waals surface area contributed by atoms with Crippen molar-refractivity contribution in [2.75, 3.05) is 0 Å². The number of fused-ring (bicyclic) bond motifs is 2. The van der Waals surface area contributed by atoms with Crippen LogP contribution in [-0.2, 0) is 12.8 Å². The second-order valence-corrected chi connectivity index (χ2v) is 3.56. The Morgan fingerprint density at radius 3 is 2.09 bits per heavy atom. The zero-order chi connectivity index (χ0) is 7.26. The molecule has 1 aliphatic carbocycles. The van der Waals surface area contributed by atoms with E-state index in [1.165, 1.54) is 12.8 Å². The van der Waals surface area contributed by atoms with Crippen molar-refractivity contribution in [2.45, 2.75) is 24.9 Å². The average Bonchev–Trinajstić information content (AvgIpc) is 2.77. The zero-order valence-electron chi connectivity index (χ0n) is 6.38. The molecule has 3 rings (SSSR count). The maximum absolute atomic E-state index is 3.48. The van der Waals surface area contributed by atoms with E-state index in [1.54, 1.807) is 11.1 Å². The Morgan fingerprint density at radius 1 is 1.00 bits per heavy atom. The highest BCUT2D eigenvalue weighted by Crippen LogP contribution is 2.28. The van der Waals surface area contributed by atoms with Crippen molar-refractivity contribution >= 4 is 0 Å². The van der Waals surface area contributed by atoms with Crippen LogP contribution in [0.4, 0.5) is 0 Å². The number of benzene rings is 1. The van der Waals surface area contributed by atoms with Crippen LogP contribution in [0.2, 0.25) is 0 Å². The normalized spacial score (nSPS) is 32.4. The maximum Gasteiger partial charge on any atom is 0.0268 e. The van der Waals surface area contributed by atoms with Gasteiger partial charge in [0.05, 0.1) is 0 Å². The van der Waals surface area contributed by atoms with Crippen LogP contribution in [0.25, 0.3) is 0 Å². The van der Waals surface area contributed by atoms with Crippen LogP contribution < -0.4 is 5.32 Å². The third-order valence-electron chi connectivity index (χ3n) is 2.80. The van der Waals surface area contributed by atoms with E-state index in [4.69, 9.17) is 0 Å². The summed E-state index contributed by atoms with van der Waals surface area (Å²) in [7, 11) is 0. The van der Waals surface area contributed by atoms with Crippen LogP contribution in [0.5, 0.6) is 0 Å². The summed E-state index contributed by atoms with van der Waals surface area (Å²) in [5, 5.41) is 3.48. The van der Waals surface area contributed by atoms with Gasteiger partial charge in [-0.15, -0.1) is 0 Å². The first kappa shape index (κ1) is 5.78. The lowest BCUT2D eigenvalue weighted by Gasteiger charge is -2.11. The smallest absolute Gasteiger partial charge is 0.0268 e. The Morgan fingerprint density at radius 2 is 1.55 bits per heavy atom. The van der Waals surface area contributed by atoms with E-state index in [0.29, 0.717) is 0 Å². The fraction of sp³-hybridized carbons (Fsp3) is 0.400. The first-order valence-corrected chi connectivity index (χ1v) is 4.26. The molecular formula is C10H11N. The molecule has 1 aromatic rings. The van der Waals surface area contributed by atoms with E-state index in [2.05, 4.69) is 29.6 Å². The molecule has 1 heteroatoms. The van der Waals surface area contributed by atoms with Gasteiger partial charge in [-0.2, -0.15) is 0 Å². The van der Waals surface area contributed by atoms with Gasteiger partial charge >= 0.3 is 0 Å². The minimum Gasteiger partial charge on any atom is -0.307 e. The second kappa shape index (κ2) is 1.86. The van der Waals surface area contributed by atoms with Crippen molar-refractivity contribution in [2.24, 2.45) is 0 Å². The molecule has 1 nitrogen and oxygen atoms in total. The van der Waals surface area contributed by atoms with Crippen LogP contribution in [-0.4, -0.2) is 12.1 Å². The average molecular weight is 145 g/mol. The Kier molecular flexibility index (Phi) is 0.977. The molecular weight excluding hydrogens is 134 g/mol. The van der Waals surface area contributed by atoms with Gasteiger partial charge in [-0.05, 0) is 24.0 Å².